The molecule has 0 radical (unpaired) electrons. The first-order valence-corrected chi connectivity index (χ1v) is 9.09. The van der Waals surface area contributed by atoms with Crippen LogP contribution in [-0.4, -0.2) is 50.5 Å². The SMILES string of the molecule is CSc1ccc(Cl)c(C(=O)NCC(C)(C)[NH+]2CCOCC2)c1. The summed E-state index contributed by atoms with van der Waals surface area (Å²) < 4.78 is 5.40. The summed E-state index contributed by atoms with van der Waals surface area (Å²) in [4.78, 5) is 14.9. The number of thioether (sulfide) groups is 1. The van der Waals surface area contributed by atoms with E-state index in [1.54, 1.807) is 17.8 Å². The second kappa shape index (κ2) is 7.68. The average Bonchev–Trinajstić information content (AvgIpc) is 2.54. The molecule has 2 rings (SSSR count). The van der Waals surface area contributed by atoms with E-state index >= 15 is 0 Å². The minimum Gasteiger partial charge on any atom is -0.370 e. The first kappa shape index (κ1) is 17.6. The number of carbonyl (C=O) groups is 1. The van der Waals surface area contributed by atoms with Gasteiger partial charge in [0.15, 0.2) is 0 Å². The van der Waals surface area contributed by atoms with E-state index in [1.807, 2.05) is 18.4 Å². The predicted octanol–water partition coefficient (Wildman–Crippen LogP) is 1.49. The molecule has 1 saturated heterocycles. The van der Waals surface area contributed by atoms with Crippen molar-refractivity contribution in [1.29, 1.82) is 0 Å². The number of morpholine rings is 1. The third-order valence-corrected chi connectivity index (χ3v) is 5.22. The number of hydrogen-bond donors (Lipinski definition) is 2. The van der Waals surface area contributed by atoms with Gasteiger partial charge in [-0.25, -0.2) is 0 Å². The summed E-state index contributed by atoms with van der Waals surface area (Å²) in [6.07, 6.45) is 1.98. The summed E-state index contributed by atoms with van der Waals surface area (Å²) in [5, 5.41) is 3.53. The van der Waals surface area contributed by atoms with Crippen molar-refractivity contribution in [1.82, 2.24) is 5.32 Å². The van der Waals surface area contributed by atoms with E-state index in [0.29, 0.717) is 17.1 Å². The van der Waals surface area contributed by atoms with E-state index in [9.17, 15) is 4.79 Å². The lowest BCUT2D eigenvalue weighted by Gasteiger charge is -2.37. The molecular formula is C16H24ClN2O2S+. The lowest BCUT2D eigenvalue weighted by Crippen LogP contribution is -3.22. The highest BCUT2D eigenvalue weighted by molar-refractivity contribution is 7.98. The summed E-state index contributed by atoms with van der Waals surface area (Å²) >= 11 is 7.75. The Morgan fingerprint density at radius 3 is 2.73 bits per heavy atom. The van der Waals surface area contributed by atoms with Crippen LogP contribution >= 0.6 is 23.4 Å². The van der Waals surface area contributed by atoms with Crippen molar-refractivity contribution in [2.75, 3.05) is 39.1 Å². The lowest BCUT2D eigenvalue weighted by molar-refractivity contribution is -0.954. The third-order valence-electron chi connectivity index (χ3n) is 4.16. The Hall–Kier alpha value is -0.750. The topological polar surface area (TPSA) is 42.8 Å². The van der Waals surface area contributed by atoms with Crippen molar-refractivity contribution in [3.05, 3.63) is 28.8 Å². The quantitative estimate of drug-likeness (QED) is 0.796. The number of benzene rings is 1. The van der Waals surface area contributed by atoms with Gasteiger partial charge in [-0.3, -0.25) is 4.79 Å². The Labute approximate surface area is 141 Å². The van der Waals surface area contributed by atoms with E-state index < -0.39 is 0 Å². The molecule has 1 aliphatic heterocycles. The highest BCUT2D eigenvalue weighted by Crippen LogP contribution is 2.22. The molecule has 0 spiro atoms. The molecule has 0 aliphatic carbocycles. The molecule has 0 unspecified atom stereocenters. The summed E-state index contributed by atoms with van der Waals surface area (Å²) in [5.41, 5.74) is 0.518. The second-order valence-electron chi connectivity index (χ2n) is 6.13. The molecule has 0 bridgehead atoms. The van der Waals surface area contributed by atoms with Gasteiger partial charge in [-0.05, 0) is 38.3 Å². The largest absolute Gasteiger partial charge is 0.370 e. The summed E-state index contributed by atoms with van der Waals surface area (Å²) in [6.45, 7) is 8.49. The van der Waals surface area contributed by atoms with Crippen LogP contribution in [0.1, 0.15) is 24.2 Å². The molecule has 4 nitrogen and oxygen atoms in total. The molecule has 22 heavy (non-hydrogen) atoms. The maximum absolute atomic E-state index is 12.4. The van der Waals surface area contributed by atoms with E-state index in [1.165, 1.54) is 4.90 Å². The summed E-state index contributed by atoms with van der Waals surface area (Å²) in [5.74, 6) is -0.110. The number of quaternary nitrogens is 1. The minimum absolute atomic E-state index is 0.0248. The number of halogens is 1. The number of nitrogens with one attached hydrogen (secondary N) is 2. The van der Waals surface area contributed by atoms with Crippen LogP contribution in [0.5, 0.6) is 0 Å². The lowest BCUT2D eigenvalue weighted by atomic mass is 10.0. The van der Waals surface area contributed by atoms with Gasteiger partial charge in [-0.1, -0.05) is 11.6 Å². The highest BCUT2D eigenvalue weighted by atomic mass is 35.5. The van der Waals surface area contributed by atoms with Crippen LogP contribution in [0, 0.1) is 0 Å². The first-order valence-electron chi connectivity index (χ1n) is 7.49. The minimum atomic E-state index is -0.110. The standard InChI is InChI=1S/C16H23ClN2O2S/c1-16(2,19-6-8-21-9-7-19)11-18-15(20)13-10-12(22-3)4-5-14(13)17/h4-5,10H,6-9,11H2,1-3H3,(H,18,20)/p+1. The molecule has 1 aliphatic rings. The van der Waals surface area contributed by atoms with Gasteiger partial charge in [0.1, 0.15) is 18.6 Å². The molecule has 0 atom stereocenters. The van der Waals surface area contributed by atoms with Crippen LogP contribution in [-0.2, 0) is 4.74 Å². The van der Waals surface area contributed by atoms with E-state index in [0.717, 1.165) is 31.2 Å². The van der Waals surface area contributed by atoms with Crippen LogP contribution < -0.4 is 10.2 Å². The van der Waals surface area contributed by atoms with Gasteiger partial charge in [0.05, 0.1) is 30.3 Å². The van der Waals surface area contributed by atoms with Gasteiger partial charge in [0.2, 0.25) is 0 Å². The normalized spacial score (nSPS) is 16.5. The maximum Gasteiger partial charge on any atom is 0.253 e. The Morgan fingerprint density at radius 2 is 2.09 bits per heavy atom. The Balaban J connectivity index is 1.99. The number of hydrogen-bond acceptors (Lipinski definition) is 3. The van der Waals surface area contributed by atoms with Crippen molar-refractivity contribution in [3.63, 3.8) is 0 Å². The highest BCUT2D eigenvalue weighted by Gasteiger charge is 2.32. The molecule has 1 fully saturated rings. The van der Waals surface area contributed by atoms with Crippen molar-refractivity contribution in [3.8, 4) is 0 Å². The van der Waals surface area contributed by atoms with Crippen LogP contribution in [0.4, 0.5) is 0 Å². The fourth-order valence-electron chi connectivity index (χ4n) is 2.62. The van der Waals surface area contributed by atoms with Gasteiger partial charge in [0.25, 0.3) is 5.91 Å². The fourth-order valence-corrected chi connectivity index (χ4v) is 3.26. The zero-order valence-corrected chi connectivity index (χ0v) is 14.9. The molecule has 1 amide bonds. The van der Waals surface area contributed by atoms with Gasteiger partial charge in [-0.2, -0.15) is 0 Å². The molecule has 1 aromatic rings. The van der Waals surface area contributed by atoms with E-state index in [-0.39, 0.29) is 11.4 Å². The number of amides is 1. The number of rotatable bonds is 5. The summed E-state index contributed by atoms with van der Waals surface area (Å²) in [6, 6.07) is 5.54. The van der Waals surface area contributed by atoms with Gasteiger partial charge < -0.3 is 15.0 Å². The van der Waals surface area contributed by atoms with Gasteiger partial charge in [-0.15, -0.1) is 11.8 Å². The summed E-state index contributed by atoms with van der Waals surface area (Å²) in [7, 11) is 0. The smallest absolute Gasteiger partial charge is 0.253 e. The third kappa shape index (κ3) is 4.38. The molecule has 0 aromatic heterocycles. The Kier molecular flexibility index (Phi) is 6.15. The molecule has 122 valence electrons. The van der Waals surface area contributed by atoms with Crippen molar-refractivity contribution >= 4 is 29.3 Å². The van der Waals surface area contributed by atoms with Gasteiger partial charge >= 0.3 is 0 Å². The molecule has 0 saturated carbocycles. The number of carbonyl (C=O) groups excluding carboxylic acids is 1. The maximum atomic E-state index is 12.4. The van der Waals surface area contributed by atoms with E-state index in [2.05, 4.69) is 19.2 Å². The first-order chi connectivity index (χ1) is 10.4. The van der Waals surface area contributed by atoms with Crippen LogP contribution in [0.3, 0.4) is 0 Å². The molecule has 6 heteroatoms. The van der Waals surface area contributed by atoms with Crippen molar-refractivity contribution in [2.45, 2.75) is 24.3 Å². The van der Waals surface area contributed by atoms with Crippen LogP contribution in [0.25, 0.3) is 0 Å². The molecular weight excluding hydrogens is 320 g/mol. The average molecular weight is 344 g/mol. The van der Waals surface area contributed by atoms with Crippen molar-refractivity contribution in [2.24, 2.45) is 0 Å². The monoisotopic (exact) mass is 343 g/mol. The zero-order valence-electron chi connectivity index (χ0n) is 13.4. The number of ether oxygens (including phenoxy) is 1. The second-order valence-corrected chi connectivity index (χ2v) is 7.42. The Morgan fingerprint density at radius 1 is 1.41 bits per heavy atom. The van der Waals surface area contributed by atoms with Gasteiger partial charge in [0, 0.05) is 4.90 Å². The van der Waals surface area contributed by atoms with Crippen molar-refractivity contribution < 1.29 is 14.4 Å². The molecule has 1 heterocycles. The van der Waals surface area contributed by atoms with Crippen LogP contribution in [0.15, 0.2) is 23.1 Å². The fraction of sp³-hybridized carbons (Fsp3) is 0.562. The Bertz CT molecular complexity index is 531. The molecule has 2 N–H and O–H groups in total. The zero-order chi connectivity index (χ0) is 16.2. The van der Waals surface area contributed by atoms with Crippen LogP contribution in [0.2, 0.25) is 5.02 Å². The molecule has 1 aromatic carbocycles. The predicted molar refractivity (Wildman–Crippen MR) is 91.2 cm³/mol. The van der Waals surface area contributed by atoms with E-state index in [4.69, 9.17) is 16.3 Å².